The van der Waals surface area contributed by atoms with Crippen LogP contribution in [-0.4, -0.2) is 23.9 Å². The first kappa shape index (κ1) is 10.4. The molecule has 0 aromatic heterocycles. The van der Waals surface area contributed by atoms with Crippen LogP contribution in [0.2, 0.25) is 0 Å². The van der Waals surface area contributed by atoms with Gasteiger partial charge in [-0.3, -0.25) is 19.2 Å². The molecule has 0 radical (unpaired) electrons. The summed E-state index contributed by atoms with van der Waals surface area (Å²) in [6.45, 7) is 0. The second kappa shape index (κ2) is 3.38. The average Bonchev–Trinajstić information content (AvgIpc) is 2.41. The molecule has 4 unspecified atom stereocenters. The second-order valence-corrected chi connectivity index (χ2v) is 4.79. The monoisotopic (exact) mass is 238 g/mol. The SMILES string of the molecule is O=C1OC(=O)C2CC1CC1CC2C(=O)OC1=O. The second-order valence-electron chi connectivity index (χ2n) is 4.79. The van der Waals surface area contributed by atoms with Crippen LogP contribution in [0.25, 0.3) is 0 Å². The van der Waals surface area contributed by atoms with Gasteiger partial charge in [0.25, 0.3) is 0 Å². The van der Waals surface area contributed by atoms with Crippen molar-refractivity contribution < 1.29 is 28.7 Å². The van der Waals surface area contributed by atoms with Crippen LogP contribution in [0, 0.1) is 23.7 Å². The smallest absolute Gasteiger partial charge is 0.317 e. The Bertz CT molecular complexity index is 399. The lowest BCUT2D eigenvalue weighted by Gasteiger charge is -2.27. The summed E-state index contributed by atoms with van der Waals surface area (Å²) in [6.07, 6.45) is 0.896. The third kappa shape index (κ3) is 1.47. The van der Waals surface area contributed by atoms with Crippen molar-refractivity contribution in [2.24, 2.45) is 23.7 Å². The van der Waals surface area contributed by atoms with Crippen molar-refractivity contribution in [3.05, 3.63) is 0 Å². The minimum Gasteiger partial charge on any atom is -0.393 e. The van der Waals surface area contributed by atoms with Gasteiger partial charge >= 0.3 is 23.9 Å². The van der Waals surface area contributed by atoms with Crippen LogP contribution in [0.3, 0.4) is 0 Å². The van der Waals surface area contributed by atoms with Crippen LogP contribution in [0.5, 0.6) is 0 Å². The zero-order valence-electron chi connectivity index (χ0n) is 8.88. The molecule has 0 aromatic rings. The third-order valence-electron chi connectivity index (χ3n) is 3.81. The van der Waals surface area contributed by atoms with Crippen LogP contribution in [-0.2, 0) is 28.7 Å². The quantitative estimate of drug-likeness (QED) is 0.429. The number of fused-ring (bicyclic) bond motifs is 5. The lowest BCUT2D eigenvalue weighted by Crippen LogP contribution is -2.41. The zero-order valence-corrected chi connectivity index (χ0v) is 8.88. The van der Waals surface area contributed by atoms with Crippen LogP contribution < -0.4 is 0 Å². The molecule has 4 bridgehead atoms. The van der Waals surface area contributed by atoms with E-state index < -0.39 is 47.5 Å². The van der Waals surface area contributed by atoms with Crippen molar-refractivity contribution in [2.45, 2.75) is 19.3 Å². The van der Waals surface area contributed by atoms with E-state index in [0.717, 1.165) is 0 Å². The molecule has 6 nitrogen and oxygen atoms in total. The molecule has 4 atom stereocenters. The summed E-state index contributed by atoms with van der Waals surface area (Å²) in [6, 6.07) is 0. The predicted molar refractivity (Wildman–Crippen MR) is 50.0 cm³/mol. The molecular formula is C11H10O6. The van der Waals surface area contributed by atoms with Gasteiger partial charge in [0.05, 0.1) is 23.7 Å². The normalized spacial score (nSPS) is 40.5. The fourth-order valence-electron chi connectivity index (χ4n) is 2.90. The summed E-state index contributed by atoms with van der Waals surface area (Å²) in [5, 5.41) is 0. The van der Waals surface area contributed by atoms with Gasteiger partial charge in [0.15, 0.2) is 0 Å². The Morgan fingerprint density at radius 2 is 1.06 bits per heavy atom. The Morgan fingerprint density at radius 1 is 0.647 bits per heavy atom. The minimum absolute atomic E-state index is 0.293. The number of rotatable bonds is 0. The third-order valence-corrected chi connectivity index (χ3v) is 3.81. The molecule has 0 aromatic carbocycles. The van der Waals surface area contributed by atoms with E-state index in [4.69, 9.17) is 0 Å². The van der Waals surface area contributed by atoms with Crippen LogP contribution >= 0.6 is 0 Å². The Kier molecular flexibility index (Phi) is 2.08. The highest BCUT2D eigenvalue weighted by atomic mass is 16.6. The number of hydrogen-bond acceptors (Lipinski definition) is 6. The molecule has 6 heteroatoms. The number of cyclic esters (lactones) is 4. The Hall–Kier alpha value is -1.72. The summed E-state index contributed by atoms with van der Waals surface area (Å²) in [7, 11) is 0. The molecule has 2 aliphatic heterocycles. The molecule has 2 heterocycles. The molecular weight excluding hydrogens is 228 g/mol. The molecule has 1 aliphatic carbocycles. The van der Waals surface area contributed by atoms with Gasteiger partial charge in [0.1, 0.15) is 0 Å². The first-order chi connectivity index (χ1) is 8.06. The van der Waals surface area contributed by atoms with Crippen molar-refractivity contribution in [3.63, 3.8) is 0 Å². The molecule has 90 valence electrons. The predicted octanol–water partition coefficient (Wildman–Crippen LogP) is -0.198. The highest BCUT2D eigenvalue weighted by Crippen LogP contribution is 2.43. The maximum Gasteiger partial charge on any atom is 0.317 e. The molecule has 0 spiro atoms. The fraction of sp³-hybridized carbons (Fsp3) is 0.636. The van der Waals surface area contributed by atoms with E-state index in [0.29, 0.717) is 19.3 Å². The number of hydrogen-bond donors (Lipinski definition) is 0. The van der Waals surface area contributed by atoms with Crippen molar-refractivity contribution >= 4 is 23.9 Å². The highest BCUT2D eigenvalue weighted by Gasteiger charge is 2.52. The van der Waals surface area contributed by atoms with Gasteiger partial charge in [-0.2, -0.15) is 0 Å². The standard InChI is InChI=1S/C11H10O6/c12-8-4-1-5-3-7(11(15)17-9(5)13)6(2-4)10(14)16-8/h4-7H,1-3H2. The van der Waals surface area contributed by atoms with Gasteiger partial charge in [-0.1, -0.05) is 0 Å². The summed E-state index contributed by atoms with van der Waals surface area (Å²) < 4.78 is 9.26. The van der Waals surface area contributed by atoms with Gasteiger partial charge in [-0.25, -0.2) is 0 Å². The molecule has 1 saturated carbocycles. The number of ether oxygens (including phenoxy) is 2. The molecule has 2 saturated heterocycles. The number of carbonyl (C=O) groups is 4. The number of carbonyl (C=O) groups excluding carboxylic acids is 4. The Morgan fingerprint density at radius 3 is 1.47 bits per heavy atom. The maximum atomic E-state index is 11.6. The van der Waals surface area contributed by atoms with Gasteiger partial charge in [0.2, 0.25) is 0 Å². The Labute approximate surface area is 96.2 Å². The summed E-state index contributed by atoms with van der Waals surface area (Å²) in [4.78, 5) is 46.0. The highest BCUT2D eigenvalue weighted by molar-refractivity contribution is 5.98. The molecule has 3 fully saturated rings. The van der Waals surface area contributed by atoms with Crippen LogP contribution in [0.4, 0.5) is 0 Å². The molecule has 3 rings (SSSR count). The van der Waals surface area contributed by atoms with Crippen molar-refractivity contribution in [3.8, 4) is 0 Å². The van der Waals surface area contributed by atoms with Crippen molar-refractivity contribution in [2.75, 3.05) is 0 Å². The largest absolute Gasteiger partial charge is 0.393 e. The maximum absolute atomic E-state index is 11.6. The van der Waals surface area contributed by atoms with E-state index in [9.17, 15) is 19.2 Å². The molecule has 17 heavy (non-hydrogen) atoms. The first-order valence-corrected chi connectivity index (χ1v) is 5.57. The van der Waals surface area contributed by atoms with Gasteiger partial charge in [-0.05, 0) is 19.3 Å². The van der Waals surface area contributed by atoms with E-state index in [1.54, 1.807) is 0 Å². The topological polar surface area (TPSA) is 86.7 Å². The van der Waals surface area contributed by atoms with Crippen molar-refractivity contribution in [1.29, 1.82) is 0 Å². The van der Waals surface area contributed by atoms with E-state index in [-0.39, 0.29) is 0 Å². The summed E-state index contributed by atoms with van der Waals surface area (Å²) in [5.41, 5.74) is 0. The van der Waals surface area contributed by atoms with Crippen LogP contribution in [0.1, 0.15) is 19.3 Å². The Balaban J connectivity index is 1.99. The van der Waals surface area contributed by atoms with Crippen molar-refractivity contribution in [1.82, 2.24) is 0 Å². The van der Waals surface area contributed by atoms with E-state index in [1.165, 1.54) is 0 Å². The molecule has 0 N–H and O–H groups in total. The van der Waals surface area contributed by atoms with Crippen LogP contribution in [0.15, 0.2) is 0 Å². The lowest BCUT2D eigenvalue weighted by atomic mass is 9.83. The lowest BCUT2D eigenvalue weighted by molar-refractivity contribution is -0.180. The number of esters is 4. The van der Waals surface area contributed by atoms with E-state index >= 15 is 0 Å². The van der Waals surface area contributed by atoms with Gasteiger partial charge in [-0.15, -0.1) is 0 Å². The summed E-state index contributed by atoms with van der Waals surface area (Å²) >= 11 is 0. The van der Waals surface area contributed by atoms with Gasteiger partial charge in [0, 0.05) is 0 Å². The van der Waals surface area contributed by atoms with E-state index in [1.807, 2.05) is 0 Å². The van der Waals surface area contributed by atoms with Gasteiger partial charge < -0.3 is 9.47 Å². The zero-order chi connectivity index (χ0) is 12.2. The molecule has 0 amide bonds. The average molecular weight is 238 g/mol. The summed E-state index contributed by atoms with van der Waals surface area (Å²) in [5.74, 6) is -4.70. The first-order valence-electron chi connectivity index (χ1n) is 5.57. The molecule has 3 aliphatic rings. The van der Waals surface area contributed by atoms with E-state index in [2.05, 4.69) is 9.47 Å². The fourth-order valence-corrected chi connectivity index (χ4v) is 2.90. The minimum atomic E-state index is -0.664.